The van der Waals surface area contributed by atoms with E-state index >= 15 is 0 Å². The zero-order chi connectivity index (χ0) is 5.70. The van der Waals surface area contributed by atoms with Gasteiger partial charge in [-0.15, -0.1) is 0 Å². The summed E-state index contributed by atoms with van der Waals surface area (Å²) in [6.07, 6.45) is 2.70. The van der Waals surface area contributed by atoms with Crippen molar-refractivity contribution in [2.75, 3.05) is 0 Å². The van der Waals surface area contributed by atoms with Gasteiger partial charge in [-0.05, 0) is 19.8 Å². The molecule has 1 radical (unpaired) electrons. The quantitative estimate of drug-likeness (QED) is 0.433. The first-order valence-electron chi connectivity index (χ1n) is 2.39. The Morgan fingerprint density at radius 3 is 2.57 bits per heavy atom. The van der Waals surface area contributed by atoms with Gasteiger partial charge in [0.25, 0.3) is 0 Å². The van der Waals surface area contributed by atoms with Crippen LogP contribution in [0.3, 0.4) is 0 Å². The summed E-state index contributed by atoms with van der Waals surface area (Å²) in [5.41, 5.74) is 0. The third kappa shape index (κ3) is 3.76. The summed E-state index contributed by atoms with van der Waals surface area (Å²) in [4.78, 5) is 3.96. The molecule has 43 valence electrons. The molecule has 0 aromatic rings. The molecule has 2 nitrogen and oxygen atoms in total. The predicted molar refractivity (Wildman–Crippen MR) is 27.8 cm³/mol. The fourth-order valence-electron chi connectivity index (χ4n) is 0.375. The predicted octanol–water partition coefficient (Wildman–Crippen LogP) is 1.48. The van der Waals surface area contributed by atoms with Gasteiger partial charge in [0.1, 0.15) is 0 Å². The highest BCUT2D eigenvalue weighted by molar-refractivity contribution is 4.59. The van der Waals surface area contributed by atoms with E-state index in [1.165, 1.54) is 0 Å². The van der Waals surface area contributed by atoms with Gasteiger partial charge in [-0.3, -0.25) is 5.26 Å². The van der Waals surface area contributed by atoms with E-state index in [0.717, 1.165) is 6.42 Å². The first kappa shape index (κ1) is 6.92. The van der Waals surface area contributed by atoms with Crippen LogP contribution < -0.4 is 0 Å². The molecule has 0 aromatic heterocycles. The molecule has 1 unspecified atom stereocenters. The zero-order valence-corrected chi connectivity index (χ0v) is 4.72. The lowest BCUT2D eigenvalue weighted by molar-refractivity contribution is -0.273. The number of hydrogen-bond acceptors (Lipinski definition) is 2. The van der Waals surface area contributed by atoms with Gasteiger partial charge in [-0.1, -0.05) is 6.92 Å². The average molecular weight is 103 g/mol. The summed E-state index contributed by atoms with van der Waals surface area (Å²) in [5, 5.41) is 7.95. The van der Waals surface area contributed by atoms with E-state index in [-0.39, 0.29) is 6.10 Å². The maximum absolute atomic E-state index is 7.95. The van der Waals surface area contributed by atoms with E-state index in [2.05, 4.69) is 4.89 Å². The van der Waals surface area contributed by atoms with E-state index in [1.807, 2.05) is 13.3 Å². The Labute approximate surface area is 44.0 Å². The van der Waals surface area contributed by atoms with Gasteiger partial charge in [0, 0.05) is 0 Å². The van der Waals surface area contributed by atoms with Crippen LogP contribution in [-0.4, -0.2) is 11.4 Å². The summed E-state index contributed by atoms with van der Waals surface area (Å²) in [5.74, 6) is 0. The highest BCUT2D eigenvalue weighted by Crippen LogP contribution is 1.95. The molecule has 0 spiro atoms. The molecule has 0 aliphatic carbocycles. The SMILES string of the molecule is C[CH]CC(C)OO. The minimum Gasteiger partial charge on any atom is -0.252 e. The lowest BCUT2D eigenvalue weighted by Crippen LogP contribution is -2.03. The molecule has 0 aliphatic rings. The van der Waals surface area contributed by atoms with Crippen LogP contribution in [0.4, 0.5) is 0 Å². The second-order valence-electron chi connectivity index (χ2n) is 1.56. The number of hydrogen-bond donors (Lipinski definition) is 1. The molecule has 0 heterocycles. The highest BCUT2D eigenvalue weighted by Gasteiger charge is 1.95. The summed E-state index contributed by atoms with van der Waals surface area (Å²) in [6.45, 7) is 3.73. The van der Waals surface area contributed by atoms with Crippen molar-refractivity contribution in [2.45, 2.75) is 26.4 Å². The van der Waals surface area contributed by atoms with Gasteiger partial charge >= 0.3 is 0 Å². The van der Waals surface area contributed by atoms with Crippen molar-refractivity contribution in [3.63, 3.8) is 0 Å². The normalized spacial score (nSPS) is 14.1. The maximum atomic E-state index is 7.95. The van der Waals surface area contributed by atoms with Crippen molar-refractivity contribution in [1.82, 2.24) is 0 Å². The van der Waals surface area contributed by atoms with Crippen LogP contribution in [-0.2, 0) is 4.89 Å². The second-order valence-corrected chi connectivity index (χ2v) is 1.56. The molecule has 0 saturated carbocycles. The Hall–Kier alpha value is -0.0800. The molecule has 0 saturated heterocycles. The minimum atomic E-state index is -0.0509. The van der Waals surface area contributed by atoms with Crippen molar-refractivity contribution < 1.29 is 10.1 Å². The Morgan fingerprint density at radius 1 is 1.86 bits per heavy atom. The monoisotopic (exact) mass is 103 g/mol. The van der Waals surface area contributed by atoms with Crippen molar-refractivity contribution in [1.29, 1.82) is 0 Å². The molecule has 0 fully saturated rings. The van der Waals surface area contributed by atoms with E-state index in [0.29, 0.717) is 0 Å². The molecule has 1 atom stereocenters. The van der Waals surface area contributed by atoms with Crippen molar-refractivity contribution in [3.05, 3.63) is 6.42 Å². The Bertz CT molecular complexity index is 37.1. The van der Waals surface area contributed by atoms with Gasteiger partial charge < -0.3 is 0 Å². The fraction of sp³-hybridized carbons (Fsp3) is 0.800. The molecule has 0 bridgehead atoms. The lowest BCUT2D eigenvalue weighted by atomic mass is 10.2. The minimum absolute atomic E-state index is 0.0509. The molecule has 0 rings (SSSR count). The van der Waals surface area contributed by atoms with Gasteiger partial charge in [0.15, 0.2) is 0 Å². The standard InChI is InChI=1S/C5H11O2/c1-3-4-5(2)7-6/h3,5-6H,4H2,1-2H3. The van der Waals surface area contributed by atoms with Gasteiger partial charge in [0.2, 0.25) is 0 Å². The number of rotatable bonds is 3. The van der Waals surface area contributed by atoms with Crippen LogP contribution in [0, 0.1) is 6.42 Å². The summed E-state index contributed by atoms with van der Waals surface area (Å²) < 4.78 is 0. The fourth-order valence-corrected chi connectivity index (χ4v) is 0.375. The van der Waals surface area contributed by atoms with Crippen molar-refractivity contribution >= 4 is 0 Å². The van der Waals surface area contributed by atoms with Crippen LogP contribution in [0.5, 0.6) is 0 Å². The van der Waals surface area contributed by atoms with Crippen molar-refractivity contribution in [3.8, 4) is 0 Å². The van der Waals surface area contributed by atoms with E-state index < -0.39 is 0 Å². The highest BCUT2D eigenvalue weighted by atomic mass is 17.1. The average Bonchev–Trinajstić information content (AvgIpc) is 1.68. The van der Waals surface area contributed by atoms with Crippen LogP contribution in [0.1, 0.15) is 20.3 Å². The third-order valence-electron chi connectivity index (χ3n) is 0.748. The van der Waals surface area contributed by atoms with Crippen LogP contribution in [0.15, 0.2) is 0 Å². The Kier molecular flexibility index (Phi) is 4.04. The molecule has 0 aromatic carbocycles. The molecule has 2 heteroatoms. The molecule has 0 amide bonds. The Morgan fingerprint density at radius 2 is 2.43 bits per heavy atom. The molecular weight excluding hydrogens is 92.1 g/mol. The Balaban J connectivity index is 2.83. The topological polar surface area (TPSA) is 29.5 Å². The van der Waals surface area contributed by atoms with Gasteiger partial charge in [-0.2, -0.15) is 0 Å². The zero-order valence-electron chi connectivity index (χ0n) is 4.72. The summed E-state index contributed by atoms with van der Waals surface area (Å²) in [6, 6.07) is 0. The summed E-state index contributed by atoms with van der Waals surface area (Å²) >= 11 is 0. The molecular formula is C5H11O2. The summed E-state index contributed by atoms with van der Waals surface area (Å²) in [7, 11) is 0. The maximum Gasteiger partial charge on any atom is 0.0902 e. The molecule has 7 heavy (non-hydrogen) atoms. The van der Waals surface area contributed by atoms with E-state index in [9.17, 15) is 0 Å². The third-order valence-corrected chi connectivity index (χ3v) is 0.748. The smallest absolute Gasteiger partial charge is 0.0902 e. The van der Waals surface area contributed by atoms with E-state index in [1.54, 1.807) is 6.92 Å². The van der Waals surface area contributed by atoms with Crippen LogP contribution in [0.2, 0.25) is 0 Å². The van der Waals surface area contributed by atoms with Crippen LogP contribution in [0.25, 0.3) is 0 Å². The first-order valence-corrected chi connectivity index (χ1v) is 2.39. The largest absolute Gasteiger partial charge is 0.252 e. The molecule has 0 aliphatic heterocycles. The van der Waals surface area contributed by atoms with Crippen molar-refractivity contribution in [2.24, 2.45) is 0 Å². The van der Waals surface area contributed by atoms with Gasteiger partial charge in [0.05, 0.1) is 6.10 Å². The lowest BCUT2D eigenvalue weighted by Gasteiger charge is -2.01. The van der Waals surface area contributed by atoms with Crippen LogP contribution >= 0.6 is 0 Å². The second kappa shape index (κ2) is 4.09. The van der Waals surface area contributed by atoms with E-state index in [4.69, 9.17) is 5.26 Å². The first-order chi connectivity index (χ1) is 3.31. The molecule has 1 N–H and O–H groups in total. The van der Waals surface area contributed by atoms with Gasteiger partial charge in [-0.25, -0.2) is 4.89 Å².